The second-order valence-corrected chi connectivity index (χ2v) is 9.55. The molecular weight excluding hydrogens is 360 g/mol. The lowest BCUT2D eigenvalue weighted by molar-refractivity contribution is 0.102. The predicted octanol–water partition coefficient (Wildman–Crippen LogP) is 3.91. The molecule has 144 valence electrons. The standard InChI is InChI=1S/C21H26N2O3S/c1-15-5-4-6-19(12-15)22-21(24)18-7-9-20(10-8-18)27(25,26)23-13-16(2)11-17(3)14-23/h4-10,12,16-17H,11,13-14H2,1-3H3,(H,22,24)/t16-,17-/m0/s1. The summed E-state index contributed by atoms with van der Waals surface area (Å²) in [5.74, 6) is 0.440. The Balaban J connectivity index is 1.75. The van der Waals surface area contributed by atoms with Gasteiger partial charge in [-0.25, -0.2) is 8.42 Å². The van der Waals surface area contributed by atoms with Crippen molar-refractivity contribution in [3.8, 4) is 0 Å². The third-order valence-corrected chi connectivity index (χ3v) is 6.71. The fraction of sp³-hybridized carbons (Fsp3) is 0.381. The van der Waals surface area contributed by atoms with Crippen LogP contribution in [0.3, 0.4) is 0 Å². The monoisotopic (exact) mass is 386 g/mol. The molecule has 1 aliphatic heterocycles. The van der Waals surface area contributed by atoms with Gasteiger partial charge >= 0.3 is 0 Å². The van der Waals surface area contributed by atoms with E-state index in [1.807, 2.05) is 31.2 Å². The van der Waals surface area contributed by atoms with E-state index >= 15 is 0 Å². The Morgan fingerprint density at radius 3 is 2.26 bits per heavy atom. The van der Waals surface area contributed by atoms with Crippen molar-refractivity contribution >= 4 is 21.6 Å². The highest BCUT2D eigenvalue weighted by atomic mass is 32.2. The van der Waals surface area contributed by atoms with Crippen LogP contribution in [0.15, 0.2) is 53.4 Å². The summed E-state index contributed by atoms with van der Waals surface area (Å²) in [6.45, 7) is 7.20. The molecule has 0 radical (unpaired) electrons. The quantitative estimate of drug-likeness (QED) is 0.866. The molecule has 0 spiro atoms. The van der Waals surface area contributed by atoms with E-state index in [1.54, 1.807) is 16.4 Å². The molecule has 1 fully saturated rings. The van der Waals surface area contributed by atoms with Crippen LogP contribution < -0.4 is 5.32 Å². The smallest absolute Gasteiger partial charge is 0.255 e. The first kappa shape index (κ1) is 19.6. The Bertz CT molecular complexity index is 913. The largest absolute Gasteiger partial charge is 0.322 e. The molecule has 1 amide bonds. The number of carbonyl (C=O) groups excluding carboxylic acids is 1. The van der Waals surface area contributed by atoms with Crippen LogP contribution in [0.25, 0.3) is 0 Å². The van der Waals surface area contributed by atoms with Crippen molar-refractivity contribution in [3.63, 3.8) is 0 Å². The van der Waals surface area contributed by atoms with Gasteiger partial charge < -0.3 is 5.32 Å². The topological polar surface area (TPSA) is 66.5 Å². The van der Waals surface area contributed by atoms with Crippen LogP contribution >= 0.6 is 0 Å². The summed E-state index contributed by atoms with van der Waals surface area (Å²) < 4.78 is 27.4. The van der Waals surface area contributed by atoms with E-state index < -0.39 is 10.0 Å². The first-order valence-corrected chi connectivity index (χ1v) is 10.7. The van der Waals surface area contributed by atoms with E-state index in [0.29, 0.717) is 36.2 Å². The van der Waals surface area contributed by atoms with Crippen molar-refractivity contribution < 1.29 is 13.2 Å². The average molecular weight is 387 g/mol. The number of carbonyl (C=O) groups is 1. The van der Waals surface area contributed by atoms with E-state index in [-0.39, 0.29) is 10.8 Å². The van der Waals surface area contributed by atoms with Crippen LogP contribution in [0.5, 0.6) is 0 Å². The maximum atomic E-state index is 12.9. The van der Waals surface area contributed by atoms with Gasteiger partial charge in [0.15, 0.2) is 0 Å². The van der Waals surface area contributed by atoms with Crippen molar-refractivity contribution in [2.75, 3.05) is 18.4 Å². The van der Waals surface area contributed by atoms with Crippen molar-refractivity contribution in [3.05, 3.63) is 59.7 Å². The molecule has 1 saturated heterocycles. The van der Waals surface area contributed by atoms with Crippen molar-refractivity contribution in [2.45, 2.75) is 32.1 Å². The fourth-order valence-corrected chi connectivity index (χ4v) is 5.34. The third-order valence-electron chi connectivity index (χ3n) is 4.87. The minimum atomic E-state index is -3.53. The molecule has 3 rings (SSSR count). The van der Waals surface area contributed by atoms with Crippen molar-refractivity contribution in [1.82, 2.24) is 4.31 Å². The summed E-state index contributed by atoms with van der Waals surface area (Å²) in [7, 11) is -3.53. The van der Waals surface area contributed by atoms with E-state index in [0.717, 1.165) is 12.0 Å². The maximum Gasteiger partial charge on any atom is 0.255 e. The van der Waals surface area contributed by atoms with Crippen LogP contribution in [-0.2, 0) is 10.0 Å². The number of sulfonamides is 1. The number of nitrogens with one attached hydrogen (secondary N) is 1. The van der Waals surface area contributed by atoms with Crippen LogP contribution in [0.4, 0.5) is 5.69 Å². The molecule has 2 atom stereocenters. The number of nitrogens with zero attached hydrogens (tertiary/aromatic N) is 1. The van der Waals surface area contributed by atoms with Crippen LogP contribution in [-0.4, -0.2) is 31.7 Å². The summed E-state index contributed by atoms with van der Waals surface area (Å²) >= 11 is 0. The van der Waals surface area contributed by atoms with E-state index in [2.05, 4.69) is 19.2 Å². The molecule has 6 heteroatoms. The summed E-state index contributed by atoms with van der Waals surface area (Å²) in [5.41, 5.74) is 2.20. The molecule has 1 aliphatic rings. The Labute approximate surface area is 161 Å². The first-order chi connectivity index (χ1) is 12.8. The number of rotatable bonds is 4. The highest BCUT2D eigenvalue weighted by Crippen LogP contribution is 2.26. The Kier molecular flexibility index (Phi) is 5.67. The number of aryl methyl sites for hydroxylation is 1. The SMILES string of the molecule is Cc1cccc(NC(=O)c2ccc(S(=O)(=O)N3C[C@@H](C)C[C@H](C)C3)cc2)c1. The summed E-state index contributed by atoms with van der Waals surface area (Å²) in [6.07, 6.45) is 1.05. The van der Waals surface area contributed by atoms with Crippen molar-refractivity contribution in [1.29, 1.82) is 0 Å². The number of benzene rings is 2. The van der Waals surface area contributed by atoms with Crippen molar-refractivity contribution in [2.24, 2.45) is 11.8 Å². The molecule has 0 aliphatic carbocycles. The summed E-state index contributed by atoms with van der Waals surface area (Å²) in [6, 6.07) is 13.7. The number of hydrogen-bond acceptors (Lipinski definition) is 3. The molecule has 2 aromatic rings. The average Bonchev–Trinajstić information content (AvgIpc) is 2.61. The summed E-state index contributed by atoms with van der Waals surface area (Å²) in [5, 5.41) is 2.83. The Hall–Kier alpha value is -2.18. The van der Waals surface area contributed by atoms with Gasteiger partial charge in [-0.05, 0) is 67.1 Å². The molecule has 0 aromatic heterocycles. The zero-order chi connectivity index (χ0) is 19.6. The van der Waals surface area contributed by atoms with Gasteiger partial charge in [0.2, 0.25) is 10.0 Å². The minimum Gasteiger partial charge on any atom is -0.322 e. The second-order valence-electron chi connectivity index (χ2n) is 7.62. The van der Waals surface area contributed by atoms with Gasteiger partial charge in [0.05, 0.1) is 4.90 Å². The Morgan fingerprint density at radius 1 is 1.04 bits per heavy atom. The number of hydrogen-bond donors (Lipinski definition) is 1. The lowest BCUT2D eigenvalue weighted by Crippen LogP contribution is -2.42. The van der Waals surface area contributed by atoms with Crippen LogP contribution in [0, 0.1) is 18.8 Å². The number of amides is 1. The molecule has 1 N–H and O–H groups in total. The van der Waals surface area contributed by atoms with Gasteiger partial charge in [0.25, 0.3) is 5.91 Å². The van der Waals surface area contributed by atoms with E-state index in [1.165, 1.54) is 12.1 Å². The van der Waals surface area contributed by atoms with Crippen LogP contribution in [0.2, 0.25) is 0 Å². The molecule has 2 aromatic carbocycles. The molecule has 5 nitrogen and oxygen atoms in total. The molecule has 0 bridgehead atoms. The molecule has 1 heterocycles. The highest BCUT2D eigenvalue weighted by molar-refractivity contribution is 7.89. The van der Waals surface area contributed by atoms with Gasteiger partial charge in [-0.15, -0.1) is 0 Å². The van der Waals surface area contributed by atoms with Gasteiger partial charge in [0.1, 0.15) is 0 Å². The predicted molar refractivity (Wildman–Crippen MR) is 107 cm³/mol. The normalized spacial score (nSPS) is 21.0. The highest BCUT2D eigenvalue weighted by Gasteiger charge is 2.31. The summed E-state index contributed by atoms with van der Waals surface area (Å²) in [4.78, 5) is 12.6. The van der Waals surface area contributed by atoms with Crippen LogP contribution in [0.1, 0.15) is 36.2 Å². The molecular formula is C21H26N2O3S. The van der Waals surface area contributed by atoms with Gasteiger partial charge in [-0.3, -0.25) is 4.79 Å². The zero-order valence-corrected chi connectivity index (χ0v) is 16.8. The third kappa shape index (κ3) is 4.57. The lowest BCUT2D eigenvalue weighted by atomic mass is 9.94. The number of piperidine rings is 1. The van der Waals surface area contributed by atoms with Gasteiger partial charge in [0, 0.05) is 24.3 Å². The lowest BCUT2D eigenvalue weighted by Gasteiger charge is -2.34. The maximum absolute atomic E-state index is 12.9. The molecule has 27 heavy (non-hydrogen) atoms. The molecule has 0 saturated carbocycles. The van der Waals surface area contributed by atoms with Gasteiger partial charge in [-0.1, -0.05) is 26.0 Å². The minimum absolute atomic E-state index is 0.232. The van der Waals surface area contributed by atoms with E-state index in [4.69, 9.17) is 0 Å². The second kappa shape index (κ2) is 7.82. The Morgan fingerprint density at radius 2 is 1.67 bits per heavy atom. The zero-order valence-electron chi connectivity index (χ0n) is 16.0. The van der Waals surface area contributed by atoms with Gasteiger partial charge in [-0.2, -0.15) is 4.31 Å². The fourth-order valence-electron chi connectivity index (χ4n) is 3.66. The number of anilines is 1. The first-order valence-electron chi connectivity index (χ1n) is 9.24. The molecule has 0 unspecified atom stereocenters. The van der Waals surface area contributed by atoms with E-state index in [9.17, 15) is 13.2 Å².